The zero-order valence-corrected chi connectivity index (χ0v) is 15.2. The number of hydrogen-bond acceptors (Lipinski definition) is 6. The summed E-state index contributed by atoms with van der Waals surface area (Å²) < 4.78 is 5.41. The zero-order chi connectivity index (χ0) is 20.6. The fourth-order valence-corrected chi connectivity index (χ4v) is 2.53. The minimum atomic E-state index is -0.706. The number of carbonyl (C=O) groups is 1. The van der Waals surface area contributed by atoms with Gasteiger partial charge in [0.2, 0.25) is 5.75 Å². The normalized spacial score (nSPS) is 10.6. The van der Waals surface area contributed by atoms with E-state index in [1.807, 2.05) is 42.5 Å². The van der Waals surface area contributed by atoms with Gasteiger partial charge in [0.25, 0.3) is 5.91 Å². The van der Waals surface area contributed by atoms with Gasteiger partial charge in [-0.1, -0.05) is 48.5 Å². The Kier molecular flexibility index (Phi) is 6.16. The average molecular weight is 391 g/mol. The topological polar surface area (TPSA) is 114 Å². The quantitative estimate of drug-likeness (QED) is 0.363. The number of amides is 1. The number of hydrogen-bond donors (Lipinski definition) is 2. The lowest BCUT2D eigenvalue weighted by atomic mass is 10.1. The molecule has 8 nitrogen and oxygen atoms in total. The first-order valence-corrected chi connectivity index (χ1v) is 8.61. The molecule has 0 spiro atoms. The van der Waals surface area contributed by atoms with Gasteiger partial charge < -0.3 is 9.84 Å². The average Bonchev–Trinajstić information content (AvgIpc) is 2.74. The second-order valence-corrected chi connectivity index (χ2v) is 5.94. The van der Waals surface area contributed by atoms with Crippen molar-refractivity contribution in [2.75, 3.05) is 6.61 Å². The molecule has 0 aliphatic carbocycles. The Labute approximate surface area is 166 Å². The molecule has 0 saturated carbocycles. The number of para-hydroxylation sites is 1. The van der Waals surface area contributed by atoms with Crippen LogP contribution in [-0.4, -0.2) is 28.8 Å². The monoisotopic (exact) mass is 391 g/mol. The van der Waals surface area contributed by atoms with Gasteiger partial charge in [-0.15, -0.1) is 0 Å². The van der Waals surface area contributed by atoms with Crippen LogP contribution in [0.5, 0.6) is 11.5 Å². The molecule has 3 rings (SSSR count). The Hall–Kier alpha value is -4.20. The number of phenolic OH excluding ortho intramolecular Hbond substituents is 1. The third kappa shape index (κ3) is 5.16. The molecule has 0 unspecified atom stereocenters. The van der Waals surface area contributed by atoms with E-state index in [4.69, 9.17) is 4.74 Å². The Balaban J connectivity index is 1.52. The molecular formula is C21H17N3O5. The molecule has 0 bridgehead atoms. The number of carbonyl (C=O) groups excluding carboxylic acids is 1. The number of hydrazone groups is 1. The highest BCUT2D eigenvalue weighted by molar-refractivity contribution is 5.87. The lowest BCUT2D eigenvalue weighted by molar-refractivity contribution is -0.385. The SMILES string of the molecule is O=C(COc1ccc(-c2ccccc2)cc1)N/N=C/c1cccc([N+](=O)[O-])c1O. The fourth-order valence-electron chi connectivity index (χ4n) is 2.53. The minimum absolute atomic E-state index is 0.108. The number of rotatable bonds is 7. The van der Waals surface area contributed by atoms with Crippen LogP contribution in [0.3, 0.4) is 0 Å². The van der Waals surface area contributed by atoms with E-state index in [9.17, 15) is 20.0 Å². The molecule has 3 aromatic carbocycles. The molecule has 0 aromatic heterocycles. The van der Waals surface area contributed by atoms with Crippen LogP contribution in [0, 0.1) is 10.1 Å². The lowest BCUT2D eigenvalue weighted by Crippen LogP contribution is -2.24. The maximum Gasteiger partial charge on any atom is 0.311 e. The van der Waals surface area contributed by atoms with Crippen molar-refractivity contribution in [3.8, 4) is 22.6 Å². The summed E-state index contributed by atoms with van der Waals surface area (Å²) in [5.41, 5.74) is 4.02. The first kappa shape index (κ1) is 19.6. The summed E-state index contributed by atoms with van der Waals surface area (Å²) >= 11 is 0. The highest BCUT2D eigenvalue weighted by Gasteiger charge is 2.15. The predicted octanol–water partition coefficient (Wildman–Crippen LogP) is 3.50. The second kappa shape index (κ2) is 9.14. The van der Waals surface area contributed by atoms with E-state index in [1.54, 1.807) is 12.1 Å². The Morgan fingerprint density at radius 1 is 1.03 bits per heavy atom. The Bertz CT molecular complexity index is 1030. The summed E-state index contributed by atoms with van der Waals surface area (Å²) in [6.45, 7) is -0.261. The van der Waals surface area contributed by atoms with Gasteiger partial charge in [-0.3, -0.25) is 14.9 Å². The highest BCUT2D eigenvalue weighted by atomic mass is 16.6. The summed E-state index contributed by atoms with van der Waals surface area (Å²) in [7, 11) is 0. The van der Waals surface area contributed by atoms with Gasteiger partial charge in [-0.2, -0.15) is 5.10 Å². The van der Waals surface area contributed by atoms with Gasteiger partial charge in [0.15, 0.2) is 6.61 Å². The minimum Gasteiger partial charge on any atom is -0.502 e. The summed E-state index contributed by atoms with van der Waals surface area (Å²) in [5.74, 6) is -0.510. The molecular weight excluding hydrogens is 374 g/mol. The van der Waals surface area contributed by atoms with Crippen molar-refractivity contribution < 1.29 is 19.6 Å². The van der Waals surface area contributed by atoms with Crippen molar-refractivity contribution >= 4 is 17.8 Å². The van der Waals surface area contributed by atoms with Crippen molar-refractivity contribution in [2.24, 2.45) is 5.10 Å². The van der Waals surface area contributed by atoms with Crippen molar-refractivity contribution in [1.82, 2.24) is 5.43 Å². The third-order valence-electron chi connectivity index (χ3n) is 3.97. The number of nitrogens with one attached hydrogen (secondary N) is 1. The van der Waals surface area contributed by atoms with E-state index in [2.05, 4.69) is 10.5 Å². The van der Waals surface area contributed by atoms with Crippen LogP contribution >= 0.6 is 0 Å². The molecule has 0 aliphatic heterocycles. The molecule has 1 amide bonds. The number of aromatic hydroxyl groups is 1. The lowest BCUT2D eigenvalue weighted by Gasteiger charge is -2.06. The number of ether oxygens (including phenoxy) is 1. The largest absolute Gasteiger partial charge is 0.502 e. The van der Waals surface area contributed by atoms with Crippen molar-refractivity contribution in [1.29, 1.82) is 0 Å². The standard InChI is InChI=1S/C21H17N3O5/c25-20(23-22-13-17-7-4-8-19(21(17)26)24(27)28)14-29-18-11-9-16(10-12-18)15-5-2-1-3-6-15/h1-13,26H,14H2,(H,23,25)/b22-13+. The molecule has 146 valence electrons. The third-order valence-corrected chi connectivity index (χ3v) is 3.97. The van der Waals surface area contributed by atoms with Crippen molar-refractivity contribution in [3.05, 3.63) is 88.5 Å². The van der Waals surface area contributed by atoms with Crippen LogP contribution in [0.25, 0.3) is 11.1 Å². The van der Waals surface area contributed by atoms with Gasteiger partial charge in [0.1, 0.15) is 5.75 Å². The van der Waals surface area contributed by atoms with Gasteiger partial charge in [-0.25, -0.2) is 5.43 Å². The summed E-state index contributed by atoms with van der Waals surface area (Å²) in [5, 5.41) is 24.3. The molecule has 29 heavy (non-hydrogen) atoms. The van der Waals surface area contributed by atoms with E-state index < -0.39 is 22.3 Å². The smallest absolute Gasteiger partial charge is 0.311 e. The van der Waals surface area contributed by atoms with Gasteiger partial charge >= 0.3 is 5.69 Å². The van der Waals surface area contributed by atoms with Gasteiger partial charge in [-0.05, 0) is 29.3 Å². The molecule has 0 heterocycles. The van der Waals surface area contributed by atoms with Crippen molar-refractivity contribution in [3.63, 3.8) is 0 Å². The molecule has 2 N–H and O–H groups in total. The number of nitrogens with zero attached hydrogens (tertiary/aromatic N) is 2. The number of nitro groups is 1. The Morgan fingerprint density at radius 3 is 2.41 bits per heavy atom. The summed E-state index contributed by atoms with van der Waals surface area (Å²) in [6.07, 6.45) is 1.12. The molecule has 0 atom stereocenters. The van der Waals surface area contributed by atoms with E-state index in [0.29, 0.717) is 5.75 Å². The second-order valence-electron chi connectivity index (χ2n) is 5.94. The maximum absolute atomic E-state index is 11.8. The molecule has 0 radical (unpaired) electrons. The fraction of sp³-hybridized carbons (Fsp3) is 0.0476. The Morgan fingerprint density at radius 2 is 1.72 bits per heavy atom. The predicted molar refractivity (Wildman–Crippen MR) is 108 cm³/mol. The van der Waals surface area contributed by atoms with E-state index in [-0.39, 0.29) is 12.2 Å². The van der Waals surface area contributed by atoms with Crippen LogP contribution < -0.4 is 10.2 Å². The van der Waals surface area contributed by atoms with E-state index in [1.165, 1.54) is 18.2 Å². The van der Waals surface area contributed by atoms with E-state index >= 15 is 0 Å². The van der Waals surface area contributed by atoms with Gasteiger partial charge in [0.05, 0.1) is 11.1 Å². The first-order valence-electron chi connectivity index (χ1n) is 8.61. The molecule has 0 aliphatic rings. The maximum atomic E-state index is 11.8. The van der Waals surface area contributed by atoms with Crippen LogP contribution in [0.4, 0.5) is 5.69 Å². The van der Waals surface area contributed by atoms with Crippen LogP contribution in [0.2, 0.25) is 0 Å². The number of benzene rings is 3. The molecule has 8 heteroatoms. The first-order chi connectivity index (χ1) is 14.0. The zero-order valence-electron chi connectivity index (χ0n) is 15.2. The van der Waals surface area contributed by atoms with Crippen molar-refractivity contribution in [2.45, 2.75) is 0 Å². The van der Waals surface area contributed by atoms with Crippen LogP contribution in [0.15, 0.2) is 77.9 Å². The highest BCUT2D eigenvalue weighted by Crippen LogP contribution is 2.27. The summed E-state index contributed by atoms with van der Waals surface area (Å²) in [4.78, 5) is 21.9. The van der Waals surface area contributed by atoms with Crippen LogP contribution in [0.1, 0.15) is 5.56 Å². The summed E-state index contributed by atoms with van der Waals surface area (Å²) in [6, 6.07) is 21.2. The number of phenols is 1. The van der Waals surface area contributed by atoms with E-state index in [0.717, 1.165) is 17.3 Å². The molecule has 3 aromatic rings. The molecule has 0 fully saturated rings. The molecule has 0 saturated heterocycles. The van der Waals surface area contributed by atoms with Crippen LogP contribution in [-0.2, 0) is 4.79 Å². The number of nitro benzene ring substituents is 1. The van der Waals surface area contributed by atoms with Gasteiger partial charge in [0, 0.05) is 11.6 Å².